The molecule has 1 aliphatic rings. The van der Waals surface area contributed by atoms with Gasteiger partial charge in [0.1, 0.15) is 23.9 Å². The highest BCUT2D eigenvalue weighted by Crippen LogP contribution is 2.40. The van der Waals surface area contributed by atoms with Crippen LogP contribution in [0, 0.1) is 6.92 Å². The number of nitrogens with zero attached hydrogens (tertiary/aromatic N) is 1. The monoisotopic (exact) mass is 538 g/mol. The Balaban J connectivity index is 1.57. The Labute approximate surface area is 224 Å². The molecule has 0 aliphatic carbocycles. The normalized spacial score (nSPS) is 15.3. The molecular weight excluding hydrogens is 504 g/mol. The quantitative estimate of drug-likeness (QED) is 0.426. The first-order valence-electron chi connectivity index (χ1n) is 12.4. The lowest BCUT2D eigenvalue weighted by atomic mass is 9.86. The van der Waals surface area contributed by atoms with Crippen LogP contribution in [0.3, 0.4) is 0 Å². The van der Waals surface area contributed by atoms with Gasteiger partial charge in [0.25, 0.3) is 15.9 Å². The molecule has 0 saturated heterocycles. The molecule has 38 heavy (non-hydrogen) atoms. The average Bonchev–Trinajstić information content (AvgIpc) is 2.90. The standard InChI is InChI=1S/C29H34N2O6S/c1-20-8-6-7-9-25(20)36-17-16-30-28(32)27-19-31(38(33,34)23-13-11-22(35-5)12-14-23)24-18-21(29(2,3)4)10-15-26(24)37-27/h6-15,18,27H,16-17,19H2,1-5H3,(H,30,32)/t27-/m1/s1. The average molecular weight is 539 g/mol. The van der Waals surface area contributed by atoms with Crippen LogP contribution in [0.15, 0.2) is 71.6 Å². The van der Waals surface area contributed by atoms with Gasteiger partial charge < -0.3 is 19.5 Å². The van der Waals surface area contributed by atoms with Crippen LogP contribution in [0.2, 0.25) is 0 Å². The minimum atomic E-state index is -4.00. The molecule has 4 rings (SSSR count). The molecule has 8 nitrogen and oxygen atoms in total. The lowest BCUT2D eigenvalue weighted by molar-refractivity contribution is -0.127. The van der Waals surface area contributed by atoms with E-state index in [0.29, 0.717) is 17.2 Å². The van der Waals surface area contributed by atoms with Crippen LogP contribution in [0.1, 0.15) is 31.9 Å². The van der Waals surface area contributed by atoms with Gasteiger partial charge in [-0.15, -0.1) is 0 Å². The second-order valence-corrected chi connectivity index (χ2v) is 12.0. The Bertz CT molecular complexity index is 1400. The van der Waals surface area contributed by atoms with Gasteiger partial charge in [0.2, 0.25) is 0 Å². The number of para-hydroxylation sites is 1. The summed E-state index contributed by atoms with van der Waals surface area (Å²) in [4.78, 5) is 13.2. The molecule has 0 fully saturated rings. The number of carbonyl (C=O) groups excluding carboxylic acids is 1. The largest absolute Gasteiger partial charge is 0.497 e. The highest BCUT2D eigenvalue weighted by Gasteiger charge is 2.38. The molecule has 202 valence electrons. The topological polar surface area (TPSA) is 94.2 Å². The Morgan fingerprint density at radius 2 is 1.79 bits per heavy atom. The molecule has 0 aromatic heterocycles. The summed E-state index contributed by atoms with van der Waals surface area (Å²) in [6.07, 6.45) is -1.03. The predicted molar refractivity (Wildman–Crippen MR) is 147 cm³/mol. The van der Waals surface area contributed by atoms with E-state index >= 15 is 0 Å². The number of methoxy groups -OCH3 is 1. The number of nitrogens with one attached hydrogen (secondary N) is 1. The van der Waals surface area contributed by atoms with E-state index in [1.807, 2.05) is 43.3 Å². The van der Waals surface area contributed by atoms with Crippen molar-refractivity contribution in [2.45, 2.75) is 44.1 Å². The number of fused-ring (bicyclic) bond motifs is 1. The van der Waals surface area contributed by atoms with Gasteiger partial charge in [0, 0.05) is 0 Å². The summed E-state index contributed by atoms with van der Waals surface area (Å²) in [6, 6.07) is 19.3. The predicted octanol–water partition coefficient (Wildman–Crippen LogP) is 4.45. The first-order valence-corrected chi connectivity index (χ1v) is 13.9. The summed E-state index contributed by atoms with van der Waals surface area (Å²) in [6.45, 7) is 8.45. The van der Waals surface area contributed by atoms with Crippen LogP contribution >= 0.6 is 0 Å². The lowest BCUT2D eigenvalue weighted by Crippen LogP contribution is -2.51. The van der Waals surface area contributed by atoms with Crippen molar-refractivity contribution in [1.29, 1.82) is 0 Å². The minimum absolute atomic E-state index is 0.0955. The molecule has 0 radical (unpaired) electrons. The summed E-state index contributed by atoms with van der Waals surface area (Å²) >= 11 is 0. The number of hydrogen-bond donors (Lipinski definition) is 1. The van der Waals surface area contributed by atoms with Gasteiger partial charge in [-0.3, -0.25) is 9.10 Å². The van der Waals surface area contributed by atoms with E-state index in [-0.39, 0.29) is 30.0 Å². The van der Waals surface area contributed by atoms with Crippen LogP contribution < -0.4 is 23.8 Å². The summed E-state index contributed by atoms with van der Waals surface area (Å²) in [7, 11) is -2.48. The Morgan fingerprint density at radius 1 is 1.08 bits per heavy atom. The number of rotatable bonds is 8. The maximum atomic E-state index is 13.8. The Hall–Kier alpha value is -3.72. The second-order valence-electron chi connectivity index (χ2n) is 10.2. The Morgan fingerprint density at radius 3 is 2.45 bits per heavy atom. The molecule has 0 bridgehead atoms. The number of ether oxygens (including phenoxy) is 3. The number of benzene rings is 3. The van der Waals surface area contributed by atoms with Gasteiger partial charge in [-0.1, -0.05) is 45.0 Å². The number of hydrogen-bond acceptors (Lipinski definition) is 6. The smallest absolute Gasteiger partial charge is 0.264 e. The molecule has 0 spiro atoms. The first kappa shape index (κ1) is 27.3. The van der Waals surface area contributed by atoms with Crippen LogP contribution in [0.5, 0.6) is 17.2 Å². The van der Waals surface area contributed by atoms with E-state index in [4.69, 9.17) is 14.2 Å². The van der Waals surface area contributed by atoms with E-state index in [1.54, 1.807) is 18.2 Å². The van der Waals surface area contributed by atoms with Gasteiger partial charge in [0.15, 0.2) is 6.10 Å². The molecule has 0 saturated carbocycles. The number of amides is 1. The molecule has 3 aromatic rings. The van der Waals surface area contributed by atoms with Gasteiger partial charge >= 0.3 is 0 Å². The summed E-state index contributed by atoms with van der Waals surface area (Å²) < 4.78 is 45.8. The second kappa shape index (κ2) is 10.9. The van der Waals surface area contributed by atoms with E-state index in [1.165, 1.54) is 23.5 Å². The molecule has 1 amide bonds. The summed E-state index contributed by atoms with van der Waals surface area (Å²) in [5.41, 5.74) is 2.14. The molecule has 3 aromatic carbocycles. The van der Waals surface area contributed by atoms with Crippen molar-refractivity contribution in [1.82, 2.24) is 5.32 Å². The summed E-state index contributed by atoms with van der Waals surface area (Å²) in [5, 5.41) is 2.81. The van der Waals surface area contributed by atoms with Crippen molar-refractivity contribution in [3.05, 3.63) is 77.9 Å². The highest BCUT2D eigenvalue weighted by molar-refractivity contribution is 7.92. The number of sulfonamides is 1. The Kier molecular flexibility index (Phi) is 7.87. The van der Waals surface area contributed by atoms with Crippen LogP contribution in [-0.4, -0.2) is 47.2 Å². The van der Waals surface area contributed by atoms with Crippen LogP contribution in [0.4, 0.5) is 5.69 Å². The van der Waals surface area contributed by atoms with Gasteiger partial charge in [-0.25, -0.2) is 8.42 Å². The minimum Gasteiger partial charge on any atom is -0.497 e. The number of aryl methyl sites for hydroxylation is 1. The zero-order chi connectivity index (χ0) is 27.5. The number of anilines is 1. The molecule has 1 heterocycles. The number of carbonyl (C=O) groups is 1. The third kappa shape index (κ3) is 5.88. The fourth-order valence-electron chi connectivity index (χ4n) is 4.12. The molecule has 1 atom stereocenters. The van der Waals surface area contributed by atoms with Gasteiger partial charge in [-0.2, -0.15) is 0 Å². The zero-order valence-corrected chi connectivity index (χ0v) is 23.2. The van der Waals surface area contributed by atoms with Crippen LogP contribution in [-0.2, 0) is 20.2 Å². The molecule has 1 N–H and O–H groups in total. The molecule has 1 aliphatic heterocycles. The third-order valence-electron chi connectivity index (χ3n) is 6.39. The van der Waals surface area contributed by atoms with Crippen LogP contribution in [0.25, 0.3) is 0 Å². The van der Waals surface area contributed by atoms with Crippen molar-refractivity contribution in [3.63, 3.8) is 0 Å². The van der Waals surface area contributed by atoms with Gasteiger partial charge in [-0.05, 0) is 65.9 Å². The molecule has 0 unspecified atom stereocenters. The van der Waals surface area contributed by atoms with Gasteiger partial charge in [0.05, 0.1) is 30.8 Å². The molecule has 9 heteroatoms. The van der Waals surface area contributed by atoms with E-state index in [9.17, 15) is 13.2 Å². The SMILES string of the molecule is COc1ccc(S(=O)(=O)N2C[C@H](C(=O)NCCOc3ccccc3C)Oc3ccc(C(C)(C)C)cc32)cc1. The van der Waals surface area contributed by atoms with Crippen molar-refractivity contribution < 1.29 is 27.4 Å². The third-order valence-corrected chi connectivity index (χ3v) is 8.18. The first-order chi connectivity index (χ1) is 18.0. The van der Waals surface area contributed by atoms with E-state index < -0.39 is 22.0 Å². The van der Waals surface area contributed by atoms with E-state index in [0.717, 1.165) is 16.9 Å². The fraction of sp³-hybridized carbons (Fsp3) is 0.345. The highest BCUT2D eigenvalue weighted by atomic mass is 32.2. The zero-order valence-electron chi connectivity index (χ0n) is 22.4. The summed E-state index contributed by atoms with van der Waals surface area (Å²) in [5.74, 6) is 1.21. The fourth-order valence-corrected chi connectivity index (χ4v) is 5.59. The van der Waals surface area contributed by atoms with Crippen molar-refractivity contribution >= 4 is 21.6 Å². The maximum absolute atomic E-state index is 13.8. The van der Waals surface area contributed by atoms with E-state index in [2.05, 4.69) is 26.1 Å². The molecular formula is C29H34N2O6S. The maximum Gasteiger partial charge on any atom is 0.264 e. The van der Waals surface area contributed by atoms with Crippen molar-refractivity contribution in [2.24, 2.45) is 0 Å². The lowest BCUT2D eigenvalue weighted by Gasteiger charge is -2.36. The van der Waals surface area contributed by atoms with Crippen molar-refractivity contribution in [3.8, 4) is 17.2 Å². The van der Waals surface area contributed by atoms with Crippen molar-refractivity contribution in [2.75, 3.05) is 31.1 Å².